The van der Waals surface area contributed by atoms with Crippen molar-refractivity contribution in [3.63, 3.8) is 0 Å². The maximum Gasteiger partial charge on any atom is 0.191 e. The molecule has 2 heterocycles. The smallest absolute Gasteiger partial charge is 0.191 e. The van der Waals surface area contributed by atoms with Gasteiger partial charge in [0.05, 0.1) is 0 Å². The minimum Gasteiger partial charge on any atom is -0.370 e. The van der Waals surface area contributed by atoms with Crippen LogP contribution >= 0.6 is 35.7 Å². The summed E-state index contributed by atoms with van der Waals surface area (Å²) in [7, 11) is 1.85. The Hall–Kier alpha value is -0.670. The summed E-state index contributed by atoms with van der Waals surface area (Å²) in [6.45, 7) is 8.72. The highest BCUT2D eigenvalue weighted by Crippen LogP contribution is 2.20. The Morgan fingerprint density at radius 3 is 2.56 bits per heavy atom. The van der Waals surface area contributed by atoms with Gasteiger partial charge in [-0.15, -0.1) is 24.0 Å². The number of aliphatic imine (C=N–C) groups is 1. The summed E-state index contributed by atoms with van der Waals surface area (Å²) in [6, 6.07) is 9.60. The fourth-order valence-electron chi connectivity index (χ4n) is 3.81. The number of guanidine groups is 1. The van der Waals surface area contributed by atoms with Crippen molar-refractivity contribution in [2.45, 2.75) is 32.4 Å². The molecular weight excluding hydrogens is 469 g/mol. The van der Waals surface area contributed by atoms with Gasteiger partial charge in [-0.2, -0.15) is 11.8 Å². The van der Waals surface area contributed by atoms with Gasteiger partial charge in [-0.05, 0) is 43.6 Å². The number of halogens is 1. The predicted octanol–water partition coefficient (Wildman–Crippen LogP) is 3.01. The van der Waals surface area contributed by atoms with E-state index in [-0.39, 0.29) is 24.0 Å². The molecule has 0 amide bonds. The van der Waals surface area contributed by atoms with Crippen molar-refractivity contribution in [3.8, 4) is 0 Å². The summed E-state index contributed by atoms with van der Waals surface area (Å²) in [5.74, 6) is 3.37. The molecule has 27 heavy (non-hydrogen) atoms. The maximum atomic E-state index is 4.37. The number of anilines is 1. The van der Waals surface area contributed by atoms with Crippen LogP contribution in [0.15, 0.2) is 29.3 Å². The highest BCUT2D eigenvalue weighted by molar-refractivity contribution is 14.0. The maximum absolute atomic E-state index is 4.37. The number of hydrogen-bond donors (Lipinski definition) is 2. The van der Waals surface area contributed by atoms with E-state index >= 15 is 0 Å². The minimum absolute atomic E-state index is 0. The normalized spacial score (nSPS) is 21.0. The van der Waals surface area contributed by atoms with E-state index < -0.39 is 0 Å². The van der Waals surface area contributed by atoms with Crippen molar-refractivity contribution in [1.82, 2.24) is 15.5 Å². The number of nitrogens with one attached hydrogen (secondary N) is 2. The Labute approximate surface area is 185 Å². The molecule has 2 N–H and O–H groups in total. The number of thioether (sulfide) groups is 1. The average molecular weight is 503 g/mol. The first kappa shape index (κ1) is 22.6. The van der Waals surface area contributed by atoms with Crippen LogP contribution in [0.25, 0.3) is 0 Å². The lowest BCUT2D eigenvalue weighted by atomic mass is 10.2. The van der Waals surface area contributed by atoms with Crippen LogP contribution in [0.5, 0.6) is 0 Å². The molecular formula is C20H34IN5S. The third kappa shape index (κ3) is 6.71. The molecule has 0 radical (unpaired) electrons. The summed E-state index contributed by atoms with van der Waals surface area (Å²) < 4.78 is 0. The highest BCUT2D eigenvalue weighted by Gasteiger charge is 2.22. The Morgan fingerprint density at radius 1 is 1.15 bits per heavy atom. The molecule has 1 aromatic rings. The van der Waals surface area contributed by atoms with Gasteiger partial charge in [0.15, 0.2) is 5.96 Å². The largest absolute Gasteiger partial charge is 0.370 e. The zero-order valence-electron chi connectivity index (χ0n) is 16.6. The molecule has 5 nitrogen and oxygen atoms in total. The van der Waals surface area contributed by atoms with E-state index in [4.69, 9.17) is 0 Å². The average Bonchev–Trinajstić information content (AvgIpc) is 3.17. The fourth-order valence-corrected chi connectivity index (χ4v) is 4.71. The van der Waals surface area contributed by atoms with Crippen LogP contribution in [0.4, 0.5) is 5.69 Å². The second-order valence-electron chi connectivity index (χ2n) is 7.00. The van der Waals surface area contributed by atoms with Gasteiger partial charge >= 0.3 is 0 Å². The van der Waals surface area contributed by atoms with Crippen LogP contribution in [0.3, 0.4) is 0 Å². The second kappa shape index (κ2) is 12.0. The molecule has 1 unspecified atom stereocenters. The van der Waals surface area contributed by atoms with Crippen LogP contribution in [0.1, 0.15) is 25.3 Å². The number of benzene rings is 1. The topological polar surface area (TPSA) is 42.9 Å². The Balaban J connectivity index is 0.00000261. The van der Waals surface area contributed by atoms with E-state index in [9.17, 15) is 0 Å². The molecule has 0 spiro atoms. The molecule has 152 valence electrons. The summed E-state index contributed by atoms with van der Waals surface area (Å²) in [6.07, 6.45) is 2.60. The summed E-state index contributed by atoms with van der Waals surface area (Å²) in [5.41, 5.74) is 2.64. The van der Waals surface area contributed by atoms with Gasteiger partial charge in [0, 0.05) is 56.5 Å². The third-order valence-corrected chi connectivity index (χ3v) is 6.35. The van der Waals surface area contributed by atoms with Gasteiger partial charge in [-0.25, -0.2) is 0 Å². The molecule has 0 bridgehead atoms. The van der Waals surface area contributed by atoms with E-state index in [1.807, 2.05) is 7.05 Å². The van der Waals surface area contributed by atoms with E-state index in [0.29, 0.717) is 6.04 Å². The van der Waals surface area contributed by atoms with Gasteiger partial charge < -0.3 is 15.5 Å². The van der Waals surface area contributed by atoms with Gasteiger partial charge in [0.1, 0.15) is 0 Å². The molecule has 2 fully saturated rings. The molecule has 2 aliphatic rings. The van der Waals surface area contributed by atoms with E-state index in [0.717, 1.165) is 38.7 Å². The molecule has 0 aliphatic carbocycles. The number of rotatable bonds is 6. The lowest BCUT2D eigenvalue weighted by Crippen LogP contribution is -2.44. The van der Waals surface area contributed by atoms with Crippen LogP contribution in [0, 0.1) is 0 Å². The van der Waals surface area contributed by atoms with Crippen molar-refractivity contribution in [3.05, 3.63) is 29.8 Å². The van der Waals surface area contributed by atoms with Gasteiger partial charge in [0.25, 0.3) is 0 Å². The second-order valence-corrected chi connectivity index (χ2v) is 8.22. The molecule has 2 aliphatic heterocycles. The molecule has 0 aromatic heterocycles. The highest BCUT2D eigenvalue weighted by atomic mass is 127. The Bertz CT molecular complexity index is 574. The zero-order chi connectivity index (χ0) is 18.2. The van der Waals surface area contributed by atoms with Crippen molar-refractivity contribution >= 4 is 47.4 Å². The summed E-state index contributed by atoms with van der Waals surface area (Å²) >= 11 is 2.05. The van der Waals surface area contributed by atoms with Crippen LogP contribution < -0.4 is 15.5 Å². The SMILES string of the molecule is CCN1CCCC1CNC(=NC)NCc1ccc(N2CCSCC2)cc1.I. The Kier molecular flexibility index (Phi) is 10.1. The first-order chi connectivity index (χ1) is 12.8. The van der Waals surface area contributed by atoms with E-state index in [2.05, 4.69) is 68.4 Å². The lowest BCUT2D eigenvalue weighted by Gasteiger charge is -2.28. The van der Waals surface area contributed by atoms with Crippen LogP contribution in [-0.2, 0) is 6.54 Å². The molecule has 3 rings (SSSR count). The molecule has 1 aromatic carbocycles. The number of hydrogen-bond acceptors (Lipinski definition) is 4. The standard InChI is InChI=1S/C20H33N5S.HI/c1-3-24-10-4-5-19(24)16-23-20(21-2)22-15-17-6-8-18(9-7-17)25-11-13-26-14-12-25;/h6-9,19H,3-5,10-16H2,1-2H3,(H2,21,22,23);1H. The molecule has 7 heteroatoms. The van der Waals surface area contributed by atoms with Gasteiger partial charge in [-0.3, -0.25) is 9.89 Å². The van der Waals surface area contributed by atoms with Crippen LogP contribution in [0.2, 0.25) is 0 Å². The molecule has 1 atom stereocenters. The van der Waals surface area contributed by atoms with Crippen molar-refractivity contribution < 1.29 is 0 Å². The summed E-state index contributed by atoms with van der Waals surface area (Å²) in [5, 5.41) is 6.94. The quantitative estimate of drug-likeness (QED) is 0.355. The summed E-state index contributed by atoms with van der Waals surface area (Å²) in [4.78, 5) is 9.41. The number of likely N-dealkylation sites (N-methyl/N-ethyl adjacent to an activating group) is 1. The number of likely N-dealkylation sites (tertiary alicyclic amines) is 1. The first-order valence-corrected chi connectivity index (χ1v) is 11.1. The van der Waals surface area contributed by atoms with Crippen molar-refractivity contribution in [2.75, 3.05) is 56.2 Å². The van der Waals surface area contributed by atoms with E-state index in [1.165, 1.54) is 42.1 Å². The fraction of sp³-hybridized carbons (Fsp3) is 0.650. The first-order valence-electron chi connectivity index (χ1n) is 9.90. The molecule has 0 saturated carbocycles. The van der Waals surface area contributed by atoms with Crippen LogP contribution in [-0.4, -0.2) is 68.2 Å². The van der Waals surface area contributed by atoms with Gasteiger partial charge in [-0.1, -0.05) is 19.1 Å². The number of nitrogens with zero attached hydrogens (tertiary/aromatic N) is 3. The third-order valence-electron chi connectivity index (χ3n) is 5.41. The van der Waals surface area contributed by atoms with Crippen molar-refractivity contribution in [2.24, 2.45) is 4.99 Å². The lowest BCUT2D eigenvalue weighted by molar-refractivity contribution is 0.267. The predicted molar refractivity (Wildman–Crippen MR) is 130 cm³/mol. The molecule has 2 saturated heterocycles. The zero-order valence-corrected chi connectivity index (χ0v) is 19.8. The monoisotopic (exact) mass is 503 g/mol. The van der Waals surface area contributed by atoms with Crippen molar-refractivity contribution in [1.29, 1.82) is 0 Å². The van der Waals surface area contributed by atoms with E-state index in [1.54, 1.807) is 0 Å². The minimum atomic E-state index is 0. The van der Waals surface area contributed by atoms with Gasteiger partial charge in [0.2, 0.25) is 0 Å². The Morgan fingerprint density at radius 2 is 1.89 bits per heavy atom.